The van der Waals surface area contributed by atoms with Gasteiger partial charge in [-0.15, -0.1) is 0 Å². The predicted octanol–water partition coefficient (Wildman–Crippen LogP) is 1.88. The third kappa shape index (κ3) is 2.20. The second kappa shape index (κ2) is 4.75. The number of hydrogen-bond donors (Lipinski definition) is 1. The smallest absolute Gasteiger partial charge is 0.231 e. The van der Waals surface area contributed by atoms with Crippen LogP contribution >= 0.6 is 0 Å². The van der Waals surface area contributed by atoms with E-state index in [9.17, 15) is 0 Å². The third-order valence-electron chi connectivity index (χ3n) is 3.10. The molecule has 15 heavy (non-hydrogen) atoms. The zero-order chi connectivity index (χ0) is 10.7. The highest BCUT2D eigenvalue weighted by molar-refractivity contribution is 5.02. The summed E-state index contributed by atoms with van der Waals surface area (Å²) in [6, 6.07) is 0.528. The number of aromatic nitrogens is 2. The molecule has 1 aliphatic rings. The zero-order valence-electron chi connectivity index (χ0n) is 9.49. The summed E-state index contributed by atoms with van der Waals surface area (Å²) in [6.07, 6.45) is 4.50. The maximum absolute atomic E-state index is 5.31. The maximum atomic E-state index is 5.31. The van der Waals surface area contributed by atoms with Gasteiger partial charge >= 0.3 is 0 Å². The maximum Gasteiger partial charge on any atom is 0.231 e. The van der Waals surface area contributed by atoms with Gasteiger partial charge in [0.1, 0.15) is 0 Å². The Balaban J connectivity index is 2.08. The van der Waals surface area contributed by atoms with Gasteiger partial charge in [-0.3, -0.25) is 0 Å². The second-order valence-electron chi connectivity index (χ2n) is 4.10. The van der Waals surface area contributed by atoms with Gasteiger partial charge in [0.05, 0.1) is 5.92 Å². The molecule has 0 spiro atoms. The van der Waals surface area contributed by atoms with Gasteiger partial charge in [0, 0.05) is 12.5 Å². The SMILES string of the molecule is CCNC1CCCC1c1nc(CC)no1. The van der Waals surface area contributed by atoms with E-state index in [1.807, 2.05) is 6.92 Å². The number of nitrogens with zero attached hydrogens (tertiary/aromatic N) is 2. The van der Waals surface area contributed by atoms with E-state index < -0.39 is 0 Å². The Hall–Kier alpha value is -0.900. The van der Waals surface area contributed by atoms with Crippen molar-refractivity contribution in [2.45, 2.75) is 51.5 Å². The summed E-state index contributed by atoms with van der Waals surface area (Å²) in [7, 11) is 0. The van der Waals surface area contributed by atoms with Gasteiger partial charge in [0.15, 0.2) is 5.82 Å². The van der Waals surface area contributed by atoms with Gasteiger partial charge in [0.2, 0.25) is 5.89 Å². The molecule has 1 fully saturated rings. The van der Waals surface area contributed by atoms with Gasteiger partial charge in [0.25, 0.3) is 0 Å². The lowest BCUT2D eigenvalue weighted by Crippen LogP contribution is -2.31. The van der Waals surface area contributed by atoms with E-state index in [1.165, 1.54) is 19.3 Å². The van der Waals surface area contributed by atoms with E-state index in [2.05, 4.69) is 22.4 Å². The van der Waals surface area contributed by atoms with Crippen LogP contribution in [0.3, 0.4) is 0 Å². The topological polar surface area (TPSA) is 51.0 Å². The highest BCUT2D eigenvalue weighted by Gasteiger charge is 2.31. The number of hydrogen-bond acceptors (Lipinski definition) is 4. The Labute approximate surface area is 90.4 Å². The molecule has 0 aliphatic heterocycles. The molecular weight excluding hydrogens is 190 g/mol. The Morgan fingerprint density at radius 2 is 2.27 bits per heavy atom. The molecule has 0 bridgehead atoms. The van der Waals surface area contributed by atoms with Crippen molar-refractivity contribution < 1.29 is 4.52 Å². The summed E-state index contributed by atoms with van der Waals surface area (Å²) in [5.74, 6) is 2.08. The van der Waals surface area contributed by atoms with Crippen LogP contribution in [0, 0.1) is 0 Å². The van der Waals surface area contributed by atoms with Crippen LogP contribution < -0.4 is 5.32 Å². The fourth-order valence-corrected chi connectivity index (χ4v) is 2.32. The van der Waals surface area contributed by atoms with E-state index in [-0.39, 0.29) is 0 Å². The largest absolute Gasteiger partial charge is 0.339 e. The summed E-state index contributed by atoms with van der Waals surface area (Å²) >= 11 is 0. The van der Waals surface area contributed by atoms with E-state index >= 15 is 0 Å². The molecule has 1 heterocycles. The van der Waals surface area contributed by atoms with Crippen molar-refractivity contribution in [2.24, 2.45) is 0 Å². The molecule has 4 nitrogen and oxygen atoms in total. The monoisotopic (exact) mass is 209 g/mol. The first-order chi connectivity index (χ1) is 7.35. The summed E-state index contributed by atoms with van der Waals surface area (Å²) in [5, 5.41) is 7.45. The Morgan fingerprint density at radius 3 is 2.93 bits per heavy atom. The predicted molar refractivity (Wildman–Crippen MR) is 57.7 cm³/mol. The molecule has 1 N–H and O–H groups in total. The lowest BCUT2D eigenvalue weighted by Gasteiger charge is -2.16. The minimum atomic E-state index is 0.428. The van der Waals surface area contributed by atoms with Crippen LogP contribution in [-0.4, -0.2) is 22.7 Å². The molecule has 0 saturated heterocycles. The minimum Gasteiger partial charge on any atom is -0.339 e. The number of rotatable bonds is 4. The van der Waals surface area contributed by atoms with Gasteiger partial charge in [-0.05, 0) is 19.4 Å². The lowest BCUT2D eigenvalue weighted by atomic mass is 10.0. The van der Waals surface area contributed by atoms with Crippen LogP contribution in [0.5, 0.6) is 0 Å². The fourth-order valence-electron chi connectivity index (χ4n) is 2.32. The summed E-state index contributed by atoms with van der Waals surface area (Å²) in [6.45, 7) is 5.20. The van der Waals surface area contributed by atoms with Gasteiger partial charge in [-0.25, -0.2) is 0 Å². The summed E-state index contributed by atoms with van der Waals surface area (Å²) in [4.78, 5) is 4.43. The Bertz CT molecular complexity index is 311. The quantitative estimate of drug-likeness (QED) is 0.822. The van der Waals surface area contributed by atoms with E-state index in [1.54, 1.807) is 0 Å². The molecule has 0 radical (unpaired) electrons. The molecule has 84 valence electrons. The molecule has 1 saturated carbocycles. The first kappa shape index (κ1) is 10.6. The number of likely N-dealkylation sites (N-methyl/N-ethyl adjacent to an activating group) is 1. The standard InChI is InChI=1S/C11H19N3O/c1-3-10-13-11(15-14-10)8-6-5-7-9(8)12-4-2/h8-9,12H,3-7H2,1-2H3. The van der Waals surface area contributed by atoms with Crippen molar-refractivity contribution in [2.75, 3.05) is 6.54 Å². The van der Waals surface area contributed by atoms with Crippen molar-refractivity contribution in [1.29, 1.82) is 0 Å². The molecule has 4 heteroatoms. The Morgan fingerprint density at radius 1 is 1.40 bits per heavy atom. The fraction of sp³-hybridized carbons (Fsp3) is 0.818. The number of aryl methyl sites for hydroxylation is 1. The van der Waals surface area contributed by atoms with Crippen LogP contribution in [0.15, 0.2) is 4.52 Å². The average Bonchev–Trinajstić information content (AvgIpc) is 2.85. The van der Waals surface area contributed by atoms with E-state index in [4.69, 9.17) is 4.52 Å². The Kier molecular flexibility index (Phi) is 3.36. The van der Waals surface area contributed by atoms with Gasteiger partial charge < -0.3 is 9.84 Å². The first-order valence-electron chi connectivity index (χ1n) is 5.91. The lowest BCUT2D eigenvalue weighted by molar-refractivity contribution is 0.329. The van der Waals surface area contributed by atoms with Crippen LogP contribution in [0.4, 0.5) is 0 Å². The van der Waals surface area contributed by atoms with Crippen molar-refractivity contribution in [3.63, 3.8) is 0 Å². The molecule has 0 amide bonds. The summed E-state index contributed by atoms with van der Waals surface area (Å²) < 4.78 is 5.31. The van der Waals surface area contributed by atoms with E-state index in [0.29, 0.717) is 12.0 Å². The molecule has 0 aromatic carbocycles. The first-order valence-corrected chi connectivity index (χ1v) is 5.91. The molecule has 2 rings (SSSR count). The molecule has 2 unspecified atom stereocenters. The van der Waals surface area contributed by atoms with Crippen molar-refractivity contribution in [3.8, 4) is 0 Å². The molecule has 1 aliphatic carbocycles. The number of nitrogens with one attached hydrogen (secondary N) is 1. The van der Waals surface area contributed by atoms with Gasteiger partial charge in [-0.2, -0.15) is 4.98 Å². The van der Waals surface area contributed by atoms with Crippen molar-refractivity contribution >= 4 is 0 Å². The van der Waals surface area contributed by atoms with Crippen LogP contribution in [0.25, 0.3) is 0 Å². The van der Waals surface area contributed by atoms with Crippen LogP contribution in [0.1, 0.15) is 50.7 Å². The zero-order valence-corrected chi connectivity index (χ0v) is 9.49. The average molecular weight is 209 g/mol. The van der Waals surface area contributed by atoms with Crippen LogP contribution in [-0.2, 0) is 6.42 Å². The summed E-state index contributed by atoms with van der Waals surface area (Å²) in [5.41, 5.74) is 0. The molecule has 2 atom stereocenters. The highest BCUT2D eigenvalue weighted by Crippen LogP contribution is 2.33. The van der Waals surface area contributed by atoms with Crippen LogP contribution in [0.2, 0.25) is 0 Å². The highest BCUT2D eigenvalue weighted by atomic mass is 16.5. The second-order valence-corrected chi connectivity index (χ2v) is 4.10. The molecule has 1 aromatic heterocycles. The third-order valence-corrected chi connectivity index (χ3v) is 3.10. The van der Waals surface area contributed by atoms with Crippen molar-refractivity contribution in [1.82, 2.24) is 15.5 Å². The molecular formula is C11H19N3O. The normalized spacial score (nSPS) is 26.0. The molecule has 1 aromatic rings. The minimum absolute atomic E-state index is 0.428. The van der Waals surface area contributed by atoms with Gasteiger partial charge in [-0.1, -0.05) is 25.4 Å². The van der Waals surface area contributed by atoms with E-state index in [0.717, 1.165) is 24.7 Å². The van der Waals surface area contributed by atoms with Crippen molar-refractivity contribution in [3.05, 3.63) is 11.7 Å².